The molecule has 19 heavy (non-hydrogen) atoms. The van der Waals surface area contributed by atoms with Crippen LogP contribution in [0, 0.1) is 0 Å². The van der Waals surface area contributed by atoms with Gasteiger partial charge in [0.05, 0.1) is 5.60 Å². The molecule has 1 unspecified atom stereocenters. The van der Waals surface area contributed by atoms with Gasteiger partial charge in [-0.05, 0) is 43.4 Å². The molecule has 2 N–H and O–H groups in total. The number of thiophene rings is 1. The fraction of sp³-hybridized carbons (Fsp3) is 0.467. The lowest BCUT2D eigenvalue weighted by Gasteiger charge is -2.27. The van der Waals surface area contributed by atoms with Gasteiger partial charge in [-0.25, -0.2) is 0 Å². The van der Waals surface area contributed by atoms with Crippen LogP contribution >= 0.6 is 11.3 Å². The lowest BCUT2D eigenvalue weighted by molar-refractivity contribution is 0.0336. The van der Waals surface area contributed by atoms with E-state index < -0.39 is 5.60 Å². The van der Waals surface area contributed by atoms with Crippen molar-refractivity contribution in [3.05, 3.63) is 35.2 Å². The van der Waals surface area contributed by atoms with Gasteiger partial charge in [0.25, 0.3) is 0 Å². The molecular formula is C15H22N2OS. The Kier molecular flexibility index (Phi) is 4.58. The van der Waals surface area contributed by atoms with Crippen LogP contribution in [-0.2, 0) is 6.54 Å². The number of hydrogen-bond donors (Lipinski definition) is 2. The summed E-state index contributed by atoms with van der Waals surface area (Å²) in [5, 5.41) is 17.1. The molecule has 0 saturated carbocycles. The molecule has 0 aliphatic carbocycles. The van der Waals surface area contributed by atoms with E-state index in [9.17, 15) is 5.11 Å². The molecule has 2 aromatic rings. The number of benzene rings is 1. The Morgan fingerprint density at radius 1 is 1.32 bits per heavy atom. The topological polar surface area (TPSA) is 35.5 Å². The molecule has 1 heterocycles. The molecule has 1 aromatic heterocycles. The number of likely N-dealkylation sites (N-methyl/N-ethyl adjacent to an activating group) is 1. The van der Waals surface area contributed by atoms with Crippen molar-refractivity contribution in [3.63, 3.8) is 0 Å². The fourth-order valence-electron chi connectivity index (χ4n) is 2.37. The van der Waals surface area contributed by atoms with Gasteiger partial charge in [-0.3, -0.25) is 0 Å². The first kappa shape index (κ1) is 14.5. The van der Waals surface area contributed by atoms with Crippen LogP contribution < -0.4 is 5.32 Å². The summed E-state index contributed by atoms with van der Waals surface area (Å²) in [6, 6.07) is 8.44. The largest absolute Gasteiger partial charge is 0.388 e. The SMILES string of the molecule is CN(C)CC(C)(O)CNCc1csc2ccccc12. The van der Waals surface area contributed by atoms with Crippen LogP contribution in [0.5, 0.6) is 0 Å². The Morgan fingerprint density at radius 2 is 2.05 bits per heavy atom. The smallest absolute Gasteiger partial charge is 0.0869 e. The van der Waals surface area contributed by atoms with Gasteiger partial charge in [-0.1, -0.05) is 18.2 Å². The highest BCUT2D eigenvalue weighted by molar-refractivity contribution is 7.17. The van der Waals surface area contributed by atoms with E-state index in [0.29, 0.717) is 13.1 Å². The molecule has 0 aliphatic rings. The number of aliphatic hydroxyl groups is 1. The predicted molar refractivity (Wildman–Crippen MR) is 82.7 cm³/mol. The van der Waals surface area contributed by atoms with Crippen molar-refractivity contribution in [2.75, 3.05) is 27.2 Å². The van der Waals surface area contributed by atoms with Crippen molar-refractivity contribution < 1.29 is 5.11 Å². The number of fused-ring (bicyclic) bond motifs is 1. The minimum Gasteiger partial charge on any atom is -0.388 e. The summed E-state index contributed by atoms with van der Waals surface area (Å²) in [5.74, 6) is 0. The van der Waals surface area contributed by atoms with Crippen LogP contribution in [0.3, 0.4) is 0 Å². The maximum atomic E-state index is 10.2. The third kappa shape index (κ3) is 4.01. The van der Waals surface area contributed by atoms with Gasteiger partial charge < -0.3 is 15.3 Å². The third-order valence-electron chi connectivity index (χ3n) is 3.04. The molecule has 0 bridgehead atoms. The predicted octanol–water partition coefficient (Wildman–Crippen LogP) is 2.30. The van der Waals surface area contributed by atoms with Gasteiger partial charge in [0.15, 0.2) is 0 Å². The zero-order valence-corrected chi connectivity index (χ0v) is 12.6. The standard InChI is InChI=1S/C15H22N2OS/c1-15(18,11-17(2)3)10-16-8-12-9-19-14-7-5-4-6-13(12)14/h4-7,9,16,18H,8,10-11H2,1-3H3. The lowest BCUT2D eigenvalue weighted by atomic mass is 10.1. The van der Waals surface area contributed by atoms with Gasteiger partial charge >= 0.3 is 0 Å². The number of rotatable bonds is 6. The number of nitrogens with zero attached hydrogens (tertiary/aromatic N) is 1. The Morgan fingerprint density at radius 3 is 2.79 bits per heavy atom. The van der Waals surface area contributed by atoms with Crippen LogP contribution in [0.25, 0.3) is 10.1 Å². The van der Waals surface area contributed by atoms with Crippen LogP contribution in [0.1, 0.15) is 12.5 Å². The molecule has 0 saturated heterocycles. The van der Waals surface area contributed by atoms with E-state index >= 15 is 0 Å². The molecule has 3 nitrogen and oxygen atoms in total. The molecule has 0 aliphatic heterocycles. The second-order valence-corrected chi connectivity index (χ2v) is 6.51. The summed E-state index contributed by atoms with van der Waals surface area (Å²) in [7, 11) is 3.95. The van der Waals surface area contributed by atoms with Crippen LogP contribution in [0.2, 0.25) is 0 Å². The zero-order chi connectivity index (χ0) is 13.9. The maximum Gasteiger partial charge on any atom is 0.0869 e. The minimum absolute atomic E-state index is 0.593. The van der Waals surface area contributed by atoms with Crippen molar-refractivity contribution >= 4 is 21.4 Å². The molecular weight excluding hydrogens is 256 g/mol. The summed E-state index contributed by atoms with van der Waals surface area (Å²) in [6.45, 7) is 3.92. The second-order valence-electron chi connectivity index (χ2n) is 5.60. The van der Waals surface area contributed by atoms with E-state index in [2.05, 4.69) is 35.0 Å². The van der Waals surface area contributed by atoms with Gasteiger partial charge in [0, 0.05) is 24.3 Å². The fourth-order valence-corrected chi connectivity index (χ4v) is 3.34. The Balaban J connectivity index is 1.92. The summed E-state index contributed by atoms with van der Waals surface area (Å²) >= 11 is 1.77. The average Bonchev–Trinajstić information content (AvgIpc) is 2.71. The van der Waals surface area contributed by atoms with E-state index in [1.165, 1.54) is 15.6 Å². The highest BCUT2D eigenvalue weighted by atomic mass is 32.1. The molecule has 0 spiro atoms. The third-order valence-corrected chi connectivity index (χ3v) is 4.05. The molecule has 0 amide bonds. The summed E-state index contributed by atoms with van der Waals surface area (Å²) < 4.78 is 1.32. The van der Waals surface area contributed by atoms with Gasteiger partial charge in [-0.15, -0.1) is 11.3 Å². The molecule has 0 radical (unpaired) electrons. The quantitative estimate of drug-likeness (QED) is 0.851. The summed E-state index contributed by atoms with van der Waals surface area (Å²) in [6.07, 6.45) is 0. The highest BCUT2D eigenvalue weighted by Crippen LogP contribution is 2.25. The van der Waals surface area contributed by atoms with Crippen molar-refractivity contribution in [3.8, 4) is 0 Å². The normalized spacial score (nSPS) is 15.0. The molecule has 0 fully saturated rings. The molecule has 104 valence electrons. The van der Waals surface area contributed by atoms with Crippen molar-refractivity contribution in [2.45, 2.75) is 19.1 Å². The molecule has 1 aromatic carbocycles. The van der Waals surface area contributed by atoms with Gasteiger partial charge in [-0.2, -0.15) is 0 Å². The van der Waals surface area contributed by atoms with Gasteiger partial charge in [0.2, 0.25) is 0 Å². The first-order valence-electron chi connectivity index (χ1n) is 6.51. The number of hydrogen-bond acceptors (Lipinski definition) is 4. The first-order chi connectivity index (χ1) is 8.98. The Bertz CT molecular complexity index is 534. The van der Waals surface area contributed by atoms with Crippen molar-refractivity contribution in [1.82, 2.24) is 10.2 Å². The average molecular weight is 278 g/mol. The molecule has 1 atom stereocenters. The van der Waals surface area contributed by atoms with Crippen LogP contribution in [0.15, 0.2) is 29.6 Å². The van der Waals surface area contributed by atoms with Gasteiger partial charge in [0.1, 0.15) is 0 Å². The monoisotopic (exact) mass is 278 g/mol. The minimum atomic E-state index is -0.699. The Hall–Kier alpha value is -0.940. The van der Waals surface area contributed by atoms with Crippen LogP contribution in [0.4, 0.5) is 0 Å². The second kappa shape index (κ2) is 6.01. The van der Waals surface area contributed by atoms with Crippen molar-refractivity contribution in [1.29, 1.82) is 0 Å². The highest BCUT2D eigenvalue weighted by Gasteiger charge is 2.20. The van der Waals surface area contributed by atoms with E-state index in [4.69, 9.17) is 0 Å². The molecule has 2 rings (SSSR count). The first-order valence-corrected chi connectivity index (χ1v) is 7.39. The van der Waals surface area contributed by atoms with E-state index in [-0.39, 0.29) is 0 Å². The van der Waals surface area contributed by atoms with Crippen LogP contribution in [-0.4, -0.2) is 42.8 Å². The maximum absolute atomic E-state index is 10.2. The summed E-state index contributed by atoms with van der Waals surface area (Å²) in [4.78, 5) is 2.00. The molecule has 4 heteroatoms. The van der Waals surface area contributed by atoms with E-state index in [1.807, 2.05) is 25.9 Å². The number of nitrogens with one attached hydrogen (secondary N) is 1. The van der Waals surface area contributed by atoms with E-state index in [0.717, 1.165) is 6.54 Å². The van der Waals surface area contributed by atoms with Crippen molar-refractivity contribution in [2.24, 2.45) is 0 Å². The Labute approximate surface area is 118 Å². The summed E-state index contributed by atoms with van der Waals surface area (Å²) in [5.41, 5.74) is 0.608. The lowest BCUT2D eigenvalue weighted by Crippen LogP contribution is -2.45. The zero-order valence-electron chi connectivity index (χ0n) is 11.8. The van der Waals surface area contributed by atoms with E-state index in [1.54, 1.807) is 11.3 Å².